The average Bonchev–Trinajstić information content (AvgIpc) is 2.78. The van der Waals surface area contributed by atoms with Crippen LogP contribution in [0.2, 0.25) is 5.02 Å². The Bertz CT molecular complexity index is 485. The van der Waals surface area contributed by atoms with Crippen LogP contribution in [0.3, 0.4) is 0 Å². The zero-order valence-corrected chi connectivity index (χ0v) is 9.69. The molecule has 0 aliphatic heterocycles. The summed E-state index contributed by atoms with van der Waals surface area (Å²) in [6, 6.07) is 1.76. The van der Waals surface area contributed by atoms with Gasteiger partial charge in [0.2, 0.25) is 11.8 Å². The molecule has 0 aromatic carbocycles. The smallest absolute Gasteiger partial charge is 0.249 e. The first-order valence-corrected chi connectivity index (χ1v) is 5.20. The summed E-state index contributed by atoms with van der Waals surface area (Å²) in [4.78, 5) is 3.89. The van der Waals surface area contributed by atoms with Crippen molar-refractivity contribution in [2.75, 3.05) is 7.05 Å². The number of hydrogen-bond donors (Lipinski definition) is 1. The van der Waals surface area contributed by atoms with Gasteiger partial charge in [0.15, 0.2) is 0 Å². The van der Waals surface area contributed by atoms with Crippen molar-refractivity contribution < 1.29 is 4.42 Å². The minimum atomic E-state index is 0.0156. The van der Waals surface area contributed by atoms with Crippen molar-refractivity contribution in [3.63, 3.8) is 0 Å². The lowest BCUT2D eigenvalue weighted by molar-refractivity contribution is 0.441. The van der Waals surface area contributed by atoms with Gasteiger partial charge in [0, 0.05) is 12.4 Å². The number of pyridine rings is 1. The molecule has 0 aliphatic rings. The van der Waals surface area contributed by atoms with Crippen LogP contribution in [-0.4, -0.2) is 22.2 Å². The zero-order valence-electron chi connectivity index (χ0n) is 8.94. The van der Waals surface area contributed by atoms with Crippen LogP contribution in [0.5, 0.6) is 0 Å². The van der Waals surface area contributed by atoms with Crippen LogP contribution in [0.25, 0.3) is 11.5 Å². The number of rotatable bonds is 3. The highest BCUT2D eigenvalue weighted by atomic mass is 35.5. The van der Waals surface area contributed by atoms with Crippen LogP contribution in [0, 0.1) is 0 Å². The minimum absolute atomic E-state index is 0.0156. The van der Waals surface area contributed by atoms with Gasteiger partial charge in [-0.2, -0.15) is 0 Å². The molecule has 84 valence electrons. The van der Waals surface area contributed by atoms with Gasteiger partial charge in [0.25, 0.3) is 0 Å². The average molecular weight is 239 g/mol. The molecular formula is C10H11ClN4O. The van der Waals surface area contributed by atoms with Gasteiger partial charge in [0.05, 0.1) is 16.6 Å². The summed E-state index contributed by atoms with van der Waals surface area (Å²) in [6.07, 6.45) is 3.18. The van der Waals surface area contributed by atoms with Crippen molar-refractivity contribution in [3.8, 4) is 11.5 Å². The first-order chi connectivity index (χ1) is 7.72. The molecule has 1 atom stereocenters. The van der Waals surface area contributed by atoms with E-state index in [1.54, 1.807) is 18.5 Å². The Balaban J connectivity index is 2.35. The third kappa shape index (κ3) is 2.05. The van der Waals surface area contributed by atoms with E-state index in [2.05, 4.69) is 20.5 Å². The number of nitrogens with zero attached hydrogens (tertiary/aromatic N) is 3. The van der Waals surface area contributed by atoms with Gasteiger partial charge in [-0.25, -0.2) is 0 Å². The maximum Gasteiger partial charge on any atom is 0.249 e. The van der Waals surface area contributed by atoms with Gasteiger partial charge in [-0.1, -0.05) is 11.6 Å². The first kappa shape index (κ1) is 11.0. The number of nitrogens with one attached hydrogen (secondary N) is 1. The second-order valence-corrected chi connectivity index (χ2v) is 3.72. The number of hydrogen-bond acceptors (Lipinski definition) is 5. The van der Waals surface area contributed by atoms with Crippen molar-refractivity contribution >= 4 is 11.6 Å². The lowest BCUT2D eigenvalue weighted by Gasteiger charge is -2.02. The van der Waals surface area contributed by atoms with E-state index < -0.39 is 0 Å². The van der Waals surface area contributed by atoms with Crippen molar-refractivity contribution in [2.24, 2.45) is 0 Å². The summed E-state index contributed by atoms with van der Waals surface area (Å²) in [6.45, 7) is 1.94. The number of halogens is 1. The van der Waals surface area contributed by atoms with Crippen molar-refractivity contribution in [2.45, 2.75) is 13.0 Å². The van der Waals surface area contributed by atoms with Crippen LogP contribution in [0.4, 0.5) is 0 Å². The summed E-state index contributed by atoms with van der Waals surface area (Å²) < 4.78 is 5.51. The molecule has 0 spiro atoms. The summed E-state index contributed by atoms with van der Waals surface area (Å²) in [7, 11) is 1.83. The molecule has 5 nitrogen and oxygen atoms in total. The molecule has 0 saturated heterocycles. The molecule has 0 bridgehead atoms. The molecule has 6 heteroatoms. The SMILES string of the molecule is CNC(C)c1nnc(-c2ccncc2Cl)o1. The molecule has 0 fully saturated rings. The summed E-state index contributed by atoms with van der Waals surface area (Å²) in [5, 5.41) is 11.4. The van der Waals surface area contributed by atoms with Gasteiger partial charge in [0.1, 0.15) is 0 Å². The molecule has 0 aliphatic carbocycles. The second-order valence-electron chi connectivity index (χ2n) is 3.31. The summed E-state index contributed by atoms with van der Waals surface area (Å²) in [5.41, 5.74) is 0.693. The van der Waals surface area contributed by atoms with Crippen LogP contribution < -0.4 is 5.32 Å². The molecule has 2 aromatic heterocycles. The second kappa shape index (κ2) is 4.59. The molecule has 2 rings (SSSR count). The molecule has 16 heavy (non-hydrogen) atoms. The largest absolute Gasteiger partial charge is 0.419 e. The van der Waals surface area contributed by atoms with Gasteiger partial charge in [-0.15, -0.1) is 10.2 Å². The highest BCUT2D eigenvalue weighted by Gasteiger charge is 2.14. The standard InChI is InChI=1S/C10H11ClN4O/c1-6(12-2)9-14-15-10(16-9)7-3-4-13-5-8(7)11/h3-6,12H,1-2H3. The van der Waals surface area contributed by atoms with E-state index in [0.29, 0.717) is 22.4 Å². The number of aromatic nitrogens is 3. The van der Waals surface area contributed by atoms with Crippen molar-refractivity contribution in [3.05, 3.63) is 29.4 Å². The third-order valence-electron chi connectivity index (χ3n) is 2.25. The van der Waals surface area contributed by atoms with E-state index in [1.807, 2.05) is 14.0 Å². The van der Waals surface area contributed by atoms with Gasteiger partial charge in [-0.05, 0) is 20.0 Å². The fourth-order valence-corrected chi connectivity index (χ4v) is 1.39. The fraction of sp³-hybridized carbons (Fsp3) is 0.300. The summed E-state index contributed by atoms with van der Waals surface area (Å²) >= 11 is 5.98. The van der Waals surface area contributed by atoms with E-state index in [9.17, 15) is 0 Å². The Labute approximate surface area is 97.9 Å². The first-order valence-electron chi connectivity index (χ1n) is 4.83. The predicted molar refractivity (Wildman–Crippen MR) is 60.0 cm³/mol. The minimum Gasteiger partial charge on any atom is -0.419 e. The van der Waals surface area contributed by atoms with Crippen molar-refractivity contribution in [1.29, 1.82) is 0 Å². The Hall–Kier alpha value is -1.46. The van der Waals surface area contributed by atoms with Crippen LogP contribution in [0.15, 0.2) is 22.9 Å². The lowest BCUT2D eigenvalue weighted by Crippen LogP contribution is -2.12. The van der Waals surface area contributed by atoms with E-state index >= 15 is 0 Å². The molecular weight excluding hydrogens is 228 g/mol. The molecule has 0 radical (unpaired) electrons. The topological polar surface area (TPSA) is 63.8 Å². The van der Waals surface area contributed by atoms with E-state index in [1.165, 1.54) is 0 Å². The third-order valence-corrected chi connectivity index (χ3v) is 2.55. The van der Waals surface area contributed by atoms with Crippen molar-refractivity contribution in [1.82, 2.24) is 20.5 Å². The van der Waals surface area contributed by atoms with Crippen LogP contribution >= 0.6 is 11.6 Å². The highest BCUT2D eigenvalue weighted by molar-refractivity contribution is 6.32. The Morgan fingerprint density at radius 1 is 1.44 bits per heavy atom. The maximum absolute atomic E-state index is 5.98. The van der Waals surface area contributed by atoms with E-state index in [4.69, 9.17) is 16.0 Å². The fourth-order valence-electron chi connectivity index (χ4n) is 1.19. The lowest BCUT2D eigenvalue weighted by atomic mass is 10.3. The normalized spacial score (nSPS) is 12.7. The van der Waals surface area contributed by atoms with Gasteiger partial charge >= 0.3 is 0 Å². The molecule has 0 saturated carbocycles. The summed E-state index contributed by atoms with van der Waals surface area (Å²) in [5.74, 6) is 0.940. The molecule has 1 unspecified atom stereocenters. The Kier molecular flexibility index (Phi) is 3.17. The Morgan fingerprint density at radius 3 is 2.94 bits per heavy atom. The quantitative estimate of drug-likeness (QED) is 0.887. The maximum atomic E-state index is 5.98. The van der Waals surface area contributed by atoms with Gasteiger partial charge in [-0.3, -0.25) is 4.98 Å². The van der Waals surface area contributed by atoms with E-state index in [0.717, 1.165) is 0 Å². The molecule has 0 amide bonds. The Morgan fingerprint density at radius 2 is 2.25 bits per heavy atom. The molecule has 2 aromatic rings. The molecule has 2 heterocycles. The predicted octanol–water partition coefficient (Wildman–Crippen LogP) is 2.07. The highest BCUT2D eigenvalue weighted by Crippen LogP contribution is 2.26. The van der Waals surface area contributed by atoms with Gasteiger partial charge < -0.3 is 9.73 Å². The molecule has 1 N–H and O–H groups in total. The van der Waals surface area contributed by atoms with Crippen LogP contribution in [0.1, 0.15) is 18.9 Å². The zero-order chi connectivity index (χ0) is 11.5. The monoisotopic (exact) mass is 238 g/mol. The van der Waals surface area contributed by atoms with Crippen LogP contribution in [-0.2, 0) is 0 Å². The van der Waals surface area contributed by atoms with E-state index in [-0.39, 0.29) is 6.04 Å².